The van der Waals surface area contributed by atoms with Gasteiger partial charge in [0, 0.05) is 24.0 Å². The lowest BCUT2D eigenvalue weighted by atomic mass is 10.1. The Labute approximate surface area is 114 Å². The number of aromatic nitrogens is 1. The molecule has 1 aromatic rings. The number of carboxylic acids is 1. The molecule has 0 fully saturated rings. The number of aryl methyl sites for hydroxylation is 1. The maximum absolute atomic E-state index is 11.4. The maximum Gasteiger partial charge on any atom is 0.337 e. The highest BCUT2D eigenvalue weighted by molar-refractivity contribution is 7.09. The van der Waals surface area contributed by atoms with Crippen molar-refractivity contribution in [2.45, 2.75) is 25.9 Å². The minimum atomic E-state index is -1.97. The third kappa shape index (κ3) is 5.23. The molecule has 0 aliphatic rings. The number of thiazole rings is 1. The number of nitrogens with one attached hydrogen (secondary N) is 2. The quantitative estimate of drug-likeness (QED) is 0.594. The van der Waals surface area contributed by atoms with Crippen LogP contribution in [0.25, 0.3) is 0 Å². The van der Waals surface area contributed by atoms with Crippen LogP contribution in [-0.4, -0.2) is 45.9 Å². The van der Waals surface area contributed by atoms with Gasteiger partial charge < -0.3 is 20.8 Å². The second-order valence-electron chi connectivity index (χ2n) is 4.32. The molecule has 0 aromatic carbocycles. The molecule has 1 rings (SSSR count). The van der Waals surface area contributed by atoms with Crippen LogP contribution in [-0.2, 0) is 11.2 Å². The highest BCUT2D eigenvalue weighted by atomic mass is 32.1. The molecular weight excluding hydrogens is 270 g/mol. The zero-order valence-corrected chi connectivity index (χ0v) is 11.6. The number of carbonyl (C=O) groups is 2. The largest absolute Gasteiger partial charge is 0.479 e. The molecule has 0 aliphatic carbocycles. The van der Waals surface area contributed by atoms with E-state index in [2.05, 4.69) is 15.6 Å². The number of carbonyl (C=O) groups excluding carboxylic acids is 1. The molecule has 1 unspecified atom stereocenters. The molecule has 1 aromatic heterocycles. The second-order valence-corrected chi connectivity index (χ2v) is 5.26. The SMILES string of the molecule is Cc1csc(CCNC(=O)NCC(C)(O)C(=O)O)n1. The van der Waals surface area contributed by atoms with E-state index in [1.807, 2.05) is 12.3 Å². The van der Waals surface area contributed by atoms with Gasteiger partial charge in [-0.05, 0) is 13.8 Å². The van der Waals surface area contributed by atoms with Crippen LogP contribution in [0.1, 0.15) is 17.6 Å². The van der Waals surface area contributed by atoms with Gasteiger partial charge in [-0.25, -0.2) is 14.6 Å². The standard InChI is InChI=1S/C11H17N3O4S/c1-7-5-19-8(14-7)3-4-12-10(17)13-6-11(2,18)9(15)16/h5,18H,3-4,6H2,1-2H3,(H,15,16)(H2,12,13,17). The minimum Gasteiger partial charge on any atom is -0.479 e. The molecule has 8 heteroatoms. The topological polar surface area (TPSA) is 112 Å². The van der Waals surface area contributed by atoms with E-state index >= 15 is 0 Å². The van der Waals surface area contributed by atoms with Crippen LogP contribution in [0.3, 0.4) is 0 Å². The van der Waals surface area contributed by atoms with Crippen molar-refractivity contribution >= 4 is 23.3 Å². The first-order chi connectivity index (χ1) is 8.81. The van der Waals surface area contributed by atoms with Gasteiger partial charge >= 0.3 is 12.0 Å². The molecular formula is C11H17N3O4S. The van der Waals surface area contributed by atoms with Crippen LogP contribution in [0.15, 0.2) is 5.38 Å². The van der Waals surface area contributed by atoms with E-state index in [0.717, 1.165) is 17.6 Å². The molecule has 0 saturated heterocycles. The van der Waals surface area contributed by atoms with Gasteiger partial charge in [-0.3, -0.25) is 0 Å². The predicted octanol–water partition coefficient (Wildman–Crippen LogP) is 0.129. The van der Waals surface area contributed by atoms with Gasteiger partial charge in [-0.2, -0.15) is 0 Å². The average molecular weight is 287 g/mol. The van der Waals surface area contributed by atoms with E-state index in [0.29, 0.717) is 13.0 Å². The first-order valence-corrected chi connectivity index (χ1v) is 6.58. The van der Waals surface area contributed by atoms with Crippen LogP contribution in [0.2, 0.25) is 0 Å². The zero-order chi connectivity index (χ0) is 14.5. The number of rotatable bonds is 6. The van der Waals surface area contributed by atoms with Gasteiger partial charge in [0.25, 0.3) is 0 Å². The highest BCUT2D eigenvalue weighted by Gasteiger charge is 2.30. The maximum atomic E-state index is 11.4. The Balaban J connectivity index is 2.23. The molecule has 0 saturated carbocycles. The Morgan fingerprint density at radius 3 is 2.68 bits per heavy atom. The number of nitrogens with zero attached hydrogens (tertiary/aromatic N) is 1. The van der Waals surface area contributed by atoms with Crippen molar-refractivity contribution in [3.63, 3.8) is 0 Å². The Kier molecular flexibility index (Phi) is 5.25. The number of hydrogen-bond acceptors (Lipinski definition) is 5. The van der Waals surface area contributed by atoms with Crippen molar-refractivity contribution in [2.24, 2.45) is 0 Å². The van der Waals surface area contributed by atoms with E-state index in [-0.39, 0.29) is 6.54 Å². The smallest absolute Gasteiger partial charge is 0.337 e. The van der Waals surface area contributed by atoms with Crippen molar-refractivity contribution < 1.29 is 19.8 Å². The predicted molar refractivity (Wildman–Crippen MR) is 70.2 cm³/mol. The molecule has 0 bridgehead atoms. The summed E-state index contributed by atoms with van der Waals surface area (Å²) in [4.78, 5) is 26.2. The van der Waals surface area contributed by atoms with Gasteiger partial charge in [0.2, 0.25) is 0 Å². The van der Waals surface area contributed by atoms with Crippen molar-refractivity contribution in [1.29, 1.82) is 0 Å². The first kappa shape index (κ1) is 15.4. The van der Waals surface area contributed by atoms with E-state index in [1.54, 1.807) is 0 Å². The fraction of sp³-hybridized carbons (Fsp3) is 0.545. The molecule has 0 aliphatic heterocycles. The molecule has 1 heterocycles. The van der Waals surface area contributed by atoms with Crippen LogP contribution in [0.5, 0.6) is 0 Å². The summed E-state index contributed by atoms with van der Waals surface area (Å²) in [5.74, 6) is -1.38. The molecule has 1 atom stereocenters. The molecule has 0 radical (unpaired) electrons. The zero-order valence-electron chi connectivity index (χ0n) is 10.8. The third-order valence-corrected chi connectivity index (χ3v) is 3.37. The van der Waals surface area contributed by atoms with Gasteiger partial charge in [0.15, 0.2) is 5.60 Å². The fourth-order valence-electron chi connectivity index (χ4n) is 1.19. The molecule has 4 N–H and O–H groups in total. The number of amides is 2. The van der Waals surface area contributed by atoms with E-state index in [4.69, 9.17) is 5.11 Å². The van der Waals surface area contributed by atoms with Crippen molar-refractivity contribution in [1.82, 2.24) is 15.6 Å². The van der Waals surface area contributed by atoms with Gasteiger partial charge in [-0.15, -0.1) is 11.3 Å². The van der Waals surface area contributed by atoms with Crippen LogP contribution in [0.4, 0.5) is 4.79 Å². The summed E-state index contributed by atoms with van der Waals surface area (Å²) >= 11 is 1.52. The Hall–Kier alpha value is -1.67. The number of aliphatic carboxylic acids is 1. The summed E-state index contributed by atoms with van der Waals surface area (Å²) in [6, 6.07) is -0.519. The summed E-state index contributed by atoms with van der Waals surface area (Å²) in [5.41, 5.74) is -1.02. The number of aliphatic hydroxyl groups is 1. The Morgan fingerprint density at radius 2 is 2.16 bits per heavy atom. The summed E-state index contributed by atoms with van der Waals surface area (Å²) in [6.45, 7) is 3.06. The lowest BCUT2D eigenvalue weighted by Gasteiger charge is -2.18. The van der Waals surface area contributed by atoms with E-state index in [9.17, 15) is 14.7 Å². The van der Waals surface area contributed by atoms with Crippen molar-refractivity contribution in [3.8, 4) is 0 Å². The summed E-state index contributed by atoms with van der Waals surface area (Å²) in [7, 11) is 0. The van der Waals surface area contributed by atoms with Crippen LogP contribution < -0.4 is 10.6 Å². The monoisotopic (exact) mass is 287 g/mol. The fourth-order valence-corrected chi connectivity index (χ4v) is 1.97. The Bertz CT molecular complexity index is 459. The first-order valence-electron chi connectivity index (χ1n) is 5.70. The number of carboxylic acid groups (broad SMARTS) is 1. The summed E-state index contributed by atoms with van der Waals surface area (Å²) in [5, 5.41) is 25.8. The lowest BCUT2D eigenvalue weighted by molar-refractivity contribution is -0.155. The molecule has 0 spiro atoms. The average Bonchev–Trinajstić information content (AvgIpc) is 2.72. The molecule has 2 amide bonds. The van der Waals surface area contributed by atoms with E-state index in [1.165, 1.54) is 11.3 Å². The summed E-state index contributed by atoms with van der Waals surface area (Å²) in [6.07, 6.45) is 0.612. The number of hydrogen-bond donors (Lipinski definition) is 4. The number of urea groups is 1. The highest BCUT2D eigenvalue weighted by Crippen LogP contribution is 2.08. The normalized spacial score (nSPS) is 13.6. The molecule has 19 heavy (non-hydrogen) atoms. The van der Waals surface area contributed by atoms with Gasteiger partial charge in [0.05, 0.1) is 11.6 Å². The van der Waals surface area contributed by atoms with Crippen molar-refractivity contribution in [2.75, 3.05) is 13.1 Å². The third-order valence-electron chi connectivity index (χ3n) is 2.34. The van der Waals surface area contributed by atoms with Crippen molar-refractivity contribution in [3.05, 3.63) is 16.1 Å². The molecule has 106 valence electrons. The van der Waals surface area contributed by atoms with Crippen LogP contribution >= 0.6 is 11.3 Å². The second kappa shape index (κ2) is 6.48. The van der Waals surface area contributed by atoms with Crippen LogP contribution in [0, 0.1) is 6.92 Å². The van der Waals surface area contributed by atoms with Gasteiger partial charge in [-0.1, -0.05) is 0 Å². The lowest BCUT2D eigenvalue weighted by Crippen LogP contribution is -2.49. The van der Waals surface area contributed by atoms with Gasteiger partial charge in [0.1, 0.15) is 0 Å². The minimum absolute atomic E-state index is 0.357. The summed E-state index contributed by atoms with van der Waals surface area (Å²) < 4.78 is 0. The molecule has 7 nitrogen and oxygen atoms in total. The van der Waals surface area contributed by atoms with E-state index < -0.39 is 17.6 Å². The Morgan fingerprint density at radius 1 is 1.47 bits per heavy atom.